The van der Waals surface area contributed by atoms with Crippen molar-refractivity contribution in [1.82, 2.24) is 9.79 Å². The van der Waals surface area contributed by atoms with Crippen LogP contribution in [0.5, 0.6) is 5.75 Å². The van der Waals surface area contributed by atoms with Gasteiger partial charge < -0.3 is 15.1 Å². The van der Waals surface area contributed by atoms with Crippen molar-refractivity contribution in [2.45, 2.75) is 20.1 Å². The number of nitrogens with zero attached hydrogens (tertiary/aromatic N) is 2. The molecule has 0 saturated heterocycles. The number of primary amides is 1. The summed E-state index contributed by atoms with van der Waals surface area (Å²) in [6.07, 6.45) is 0. The smallest absolute Gasteiger partial charge is 0.281 e. The second-order valence-corrected chi connectivity index (χ2v) is 10.6. The maximum atomic E-state index is 12.7. The molecule has 0 unspecified atom stereocenters. The zero-order valence-electron chi connectivity index (χ0n) is 22.3. The van der Waals surface area contributed by atoms with Crippen LogP contribution in [0.15, 0.2) is 109 Å². The lowest BCUT2D eigenvalue weighted by molar-refractivity contribution is -0.300. The molecule has 6 aromatic rings. The fourth-order valence-electron chi connectivity index (χ4n) is 5.00. The fourth-order valence-corrected chi connectivity index (χ4v) is 5.71. The van der Waals surface area contributed by atoms with Crippen LogP contribution in [0.25, 0.3) is 32.2 Å². The van der Waals surface area contributed by atoms with Gasteiger partial charge in [-0.1, -0.05) is 72.8 Å². The largest absolute Gasteiger partial charge is 0.366 e. The van der Waals surface area contributed by atoms with Crippen LogP contribution in [-0.2, 0) is 22.8 Å². The minimum atomic E-state index is -0.550. The van der Waals surface area contributed by atoms with Gasteiger partial charge in [0.1, 0.15) is 6.61 Å². The van der Waals surface area contributed by atoms with Gasteiger partial charge >= 0.3 is 0 Å². The lowest BCUT2D eigenvalue weighted by Gasteiger charge is -2.21. The van der Waals surface area contributed by atoms with Gasteiger partial charge in [-0.2, -0.15) is 0 Å². The first-order valence-corrected chi connectivity index (χ1v) is 14.0. The van der Waals surface area contributed by atoms with Gasteiger partial charge in [0.15, 0.2) is 5.75 Å². The molecule has 2 amide bonds. The Morgan fingerprint density at radius 1 is 0.829 bits per heavy atom. The molecule has 2 N–H and O–H groups in total. The third-order valence-corrected chi connectivity index (χ3v) is 7.76. The van der Waals surface area contributed by atoms with Crippen LogP contribution in [0, 0.1) is 0 Å². The molecule has 7 nitrogen and oxygen atoms in total. The van der Waals surface area contributed by atoms with Gasteiger partial charge in [0.2, 0.25) is 5.91 Å². The van der Waals surface area contributed by atoms with Gasteiger partial charge in [0.25, 0.3) is 5.91 Å². The first-order chi connectivity index (χ1) is 20.0. The SMILES string of the molecule is CC(=O)N(OCc1ccccc1)Oc1cc(-c2cccs2)cc2c1c1c(C(N)=O)cccc1n2Cc1ccccc1. The highest BCUT2D eigenvalue weighted by Gasteiger charge is 2.24. The van der Waals surface area contributed by atoms with Crippen molar-refractivity contribution < 1.29 is 19.3 Å². The van der Waals surface area contributed by atoms with Crippen LogP contribution in [-0.4, -0.2) is 21.6 Å². The van der Waals surface area contributed by atoms with E-state index in [1.165, 1.54) is 6.92 Å². The number of hydrogen-bond acceptors (Lipinski definition) is 5. The summed E-state index contributed by atoms with van der Waals surface area (Å²) in [4.78, 5) is 38.5. The van der Waals surface area contributed by atoms with Gasteiger partial charge in [-0.25, -0.2) is 4.84 Å². The lowest BCUT2D eigenvalue weighted by Crippen LogP contribution is -2.32. The minimum absolute atomic E-state index is 0.135. The Hall–Kier alpha value is -4.92. The molecular formula is C33H27N3O4S. The third kappa shape index (κ3) is 5.30. The van der Waals surface area contributed by atoms with E-state index in [1.807, 2.05) is 84.2 Å². The molecular weight excluding hydrogens is 534 g/mol. The molecule has 0 aliphatic rings. The molecule has 0 fully saturated rings. The van der Waals surface area contributed by atoms with Crippen molar-refractivity contribution >= 4 is 45.0 Å². The van der Waals surface area contributed by atoms with Crippen molar-refractivity contribution in [2.24, 2.45) is 5.73 Å². The summed E-state index contributed by atoms with van der Waals surface area (Å²) in [6.45, 7) is 2.06. The molecule has 2 aromatic heterocycles. The Morgan fingerprint density at radius 3 is 2.22 bits per heavy atom. The Balaban J connectivity index is 1.57. The Labute approximate surface area is 240 Å². The topological polar surface area (TPSA) is 86.8 Å². The molecule has 8 heteroatoms. The normalized spacial score (nSPS) is 11.1. The molecule has 0 atom stereocenters. The van der Waals surface area contributed by atoms with Crippen LogP contribution >= 0.6 is 11.3 Å². The summed E-state index contributed by atoms with van der Waals surface area (Å²) < 4.78 is 2.15. The highest BCUT2D eigenvalue weighted by atomic mass is 32.1. The number of nitrogens with two attached hydrogens (primary N) is 1. The molecule has 0 radical (unpaired) electrons. The highest BCUT2D eigenvalue weighted by Crippen LogP contribution is 2.42. The number of thiophene rings is 1. The Kier molecular flexibility index (Phi) is 7.24. The number of rotatable bonds is 9. The van der Waals surface area contributed by atoms with Crippen molar-refractivity contribution in [3.63, 3.8) is 0 Å². The Bertz CT molecular complexity index is 1850. The zero-order chi connectivity index (χ0) is 28.3. The van der Waals surface area contributed by atoms with Crippen LogP contribution < -0.4 is 10.6 Å². The number of hydroxylamine groups is 2. The van der Waals surface area contributed by atoms with E-state index in [9.17, 15) is 9.59 Å². The molecule has 4 aromatic carbocycles. The number of hydrogen-bond donors (Lipinski definition) is 1. The van der Waals surface area contributed by atoms with E-state index in [1.54, 1.807) is 17.4 Å². The quantitative estimate of drug-likeness (QED) is 0.194. The maximum absolute atomic E-state index is 12.7. The van der Waals surface area contributed by atoms with Gasteiger partial charge in [0, 0.05) is 29.3 Å². The molecule has 0 aliphatic carbocycles. The summed E-state index contributed by atoms with van der Waals surface area (Å²) >= 11 is 1.60. The van der Waals surface area contributed by atoms with Crippen molar-refractivity contribution in [1.29, 1.82) is 0 Å². The number of aromatic nitrogens is 1. The first kappa shape index (κ1) is 26.3. The van der Waals surface area contributed by atoms with Gasteiger partial charge in [-0.15, -0.1) is 11.3 Å². The summed E-state index contributed by atoms with van der Waals surface area (Å²) in [7, 11) is 0. The average molecular weight is 562 g/mol. The van der Waals surface area contributed by atoms with E-state index in [2.05, 4.69) is 22.8 Å². The Morgan fingerprint density at radius 2 is 1.56 bits per heavy atom. The van der Waals surface area contributed by atoms with Crippen molar-refractivity contribution in [2.75, 3.05) is 0 Å². The monoisotopic (exact) mass is 561 g/mol. The number of benzene rings is 4. The molecule has 204 valence electrons. The molecule has 0 saturated carbocycles. The second-order valence-electron chi connectivity index (χ2n) is 9.61. The van der Waals surface area contributed by atoms with Crippen LogP contribution in [0.2, 0.25) is 0 Å². The van der Waals surface area contributed by atoms with Crippen molar-refractivity contribution in [3.8, 4) is 16.2 Å². The molecule has 41 heavy (non-hydrogen) atoms. The fraction of sp³-hybridized carbons (Fsp3) is 0.0909. The van der Waals surface area contributed by atoms with Crippen LogP contribution in [0.4, 0.5) is 0 Å². The molecule has 6 rings (SSSR count). The third-order valence-electron chi connectivity index (χ3n) is 6.84. The predicted molar refractivity (Wildman–Crippen MR) is 161 cm³/mol. The van der Waals surface area contributed by atoms with Gasteiger partial charge in [-0.3, -0.25) is 9.59 Å². The van der Waals surface area contributed by atoms with Gasteiger partial charge in [0.05, 0.1) is 16.4 Å². The number of amides is 2. The van der Waals surface area contributed by atoms with Gasteiger partial charge in [-0.05, 0) is 57.6 Å². The first-order valence-electron chi connectivity index (χ1n) is 13.1. The highest BCUT2D eigenvalue weighted by molar-refractivity contribution is 7.13. The second kappa shape index (κ2) is 11.3. The molecule has 0 bridgehead atoms. The van der Waals surface area contributed by atoms with E-state index >= 15 is 0 Å². The van der Waals surface area contributed by atoms with E-state index in [0.29, 0.717) is 28.6 Å². The summed E-state index contributed by atoms with van der Waals surface area (Å²) in [6, 6.07) is 33.1. The van der Waals surface area contributed by atoms with E-state index in [4.69, 9.17) is 15.4 Å². The molecule has 2 heterocycles. The molecule has 0 aliphatic heterocycles. The average Bonchev–Trinajstić information content (AvgIpc) is 3.63. The molecule has 0 spiro atoms. The standard InChI is InChI=1S/C33H27N3O4S/c1-22(37)36(39-21-24-12-6-3-7-13-24)40-29-19-25(30-16-9-17-41-30)18-28-32(29)31-26(33(34)38)14-8-15-27(31)35(28)20-23-10-4-2-5-11-23/h2-19H,20-21H2,1H3,(H2,34,38). The van der Waals surface area contributed by atoms with E-state index < -0.39 is 11.8 Å². The lowest BCUT2D eigenvalue weighted by atomic mass is 10.0. The summed E-state index contributed by atoms with van der Waals surface area (Å²) in [5, 5.41) is 4.23. The predicted octanol–water partition coefficient (Wildman–Crippen LogP) is 6.94. The van der Waals surface area contributed by atoms with Crippen molar-refractivity contribution in [3.05, 3.63) is 125 Å². The maximum Gasteiger partial charge on any atom is 0.281 e. The van der Waals surface area contributed by atoms with E-state index in [-0.39, 0.29) is 6.61 Å². The van der Waals surface area contributed by atoms with Crippen LogP contribution in [0.3, 0.4) is 0 Å². The number of carbonyl (C=O) groups is 2. The summed E-state index contributed by atoms with van der Waals surface area (Å²) in [5.74, 6) is -0.607. The summed E-state index contributed by atoms with van der Waals surface area (Å²) in [5.41, 5.74) is 10.8. The minimum Gasteiger partial charge on any atom is -0.366 e. The zero-order valence-corrected chi connectivity index (χ0v) is 23.1. The number of carbonyl (C=O) groups excluding carboxylic acids is 2. The van der Waals surface area contributed by atoms with E-state index in [0.717, 1.165) is 37.8 Å². The van der Waals surface area contributed by atoms with Crippen LogP contribution in [0.1, 0.15) is 28.4 Å². The number of fused-ring (bicyclic) bond motifs is 3.